The molecular formula is C5H5N5OS. The zero-order valence-electron chi connectivity index (χ0n) is 6.18. The summed E-state index contributed by atoms with van der Waals surface area (Å²) in [5.74, 6) is 0.596. The lowest BCUT2D eigenvalue weighted by Crippen LogP contribution is -1.93. The summed E-state index contributed by atoms with van der Waals surface area (Å²) in [6.07, 6.45) is 1.42. The largest absolute Gasteiger partial charge is 0.322 e. The normalized spacial score (nSPS) is 10.4. The number of hydrogen-bond acceptors (Lipinski definition) is 5. The quantitative estimate of drug-likeness (QED) is 0.654. The molecule has 2 aromatic rings. The van der Waals surface area contributed by atoms with Gasteiger partial charge in [0.1, 0.15) is 6.33 Å². The Hall–Kier alpha value is -1.50. The van der Waals surface area contributed by atoms with E-state index in [9.17, 15) is 4.79 Å². The molecule has 7 heteroatoms. The third-order valence-electron chi connectivity index (χ3n) is 1.34. The Morgan fingerprint density at radius 3 is 3.00 bits per heavy atom. The Balaban J connectivity index is 2.57. The van der Waals surface area contributed by atoms with Gasteiger partial charge in [0.15, 0.2) is 10.8 Å². The molecule has 0 aliphatic heterocycles. The van der Waals surface area contributed by atoms with Crippen molar-refractivity contribution in [2.75, 3.05) is 0 Å². The molecule has 1 N–H and O–H groups in total. The van der Waals surface area contributed by atoms with E-state index in [1.165, 1.54) is 6.33 Å². The number of aromatic nitrogens is 5. The third-order valence-corrected chi connectivity index (χ3v) is 2.08. The van der Waals surface area contributed by atoms with E-state index in [-0.39, 0.29) is 4.87 Å². The summed E-state index contributed by atoms with van der Waals surface area (Å²) in [4.78, 5) is 14.5. The second-order valence-corrected chi connectivity index (χ2v) is 3.09. The van der Waals surface area contributed by atoms with Crippen LogP contribution >= 0.6 is 11.3 Å². The summed E-state index contributed by atoms with van der Waals surface area (Å²) >= 11 is 1.01. The smallest absolute Gasteiger partial charge is 0.255 e. The highest BCUT2D eigenvalue weighted by molar-refractivity contribution is 7.12. The number of aryl methyl sites for hydroxylation is 1. The summed E-state index contributed by atoms with van der Waals surface area (Å²) in [7, 11) is 1.74. The first kappa shape index (κ1) is 7.17. The zero-order chi connectivity index (χ0) is 8.55. The molecule has 62 valence electrons. The van der Waals surface area contributed by atoms with Crippen molar-refractivity contribution in [2.45, 2.75) is 0 Å². The average molecular weight is 183 g/mol. The van der Waals surface area contributed by atoms with Crippen molar-refractivity contribution < 1.29 is 0 Å². The SMILES string of the molecule is Cn1ncnc1-c1n[nH]c(=O)s1. The lowest BCUT2D eigenvalue weighted by molar-refractivity contribution is 0.772. The number of nitrogens with one attached hydrogen (secondary N) is 1. The Morgan fingerprint density at radius 1 is 1.67 bits per heavy atom. The minimum absolute atomic E-state index is 0.187. The van der Waals surface area contributed by atoms with Crippen LogP contribution in [0.2, 0.25) is 0 Å². The Labute approximate surface area is 70.9 Å². The van der Waals surface area contributed by atoms with Gasteiger partial charge >= 0.3 is 4.87 Å². The summed E-state index contributed by atoms with van der Waals surface area (Å²) in [6.45, 7) is 0. The second-order valence-electron chi connectivity index (χ2n) is 2.13. The first-order valence-corrected chi connectivity index (χ1v) is 3.99. The molecule has 0 aliphatic carbocycles. The fraction of sp³-hybridized carbons (Fsp3) is 0.200. The molecule has 0 spiro atoms. The van der Waals surface area contributed by atoms with Gasteiger partial charge in [0.25, 0.3) is 0 Å². The summed E-state index contributed by atoms with van der Waals surface area (Å²) in [5, 5.41) is 10.5. The van der Waals surface area contributed by atoms with Crippen molar-refractivity contribution in [1.29, 1.82) is 0 Å². The summed E-state index contributed by atoms with van der Waals surface area (Å²) < 4.78 is 1.56. The predicted octanol–water partition coefficient (Wildman–Crippen LogP) is -0.373. The van der Waals surface area contributed by atoms with E-state index in [0.29, 0.717) is 10.8 Å². The topological polar surface area (TPSA) is 76.5 Å². The first-order valence-electron chi connectivity index (χ1n) is 3.17. The van der Waals surface area contributed by atoms with E-state index in [4.69, 9.17) is 0 Å². The highest BCUT2D eigenvalue weighted by atomic mass is 32.1. The van der Waals surface area contributed by atoms with Gasteiger partial charge in [0.05, 0.1) is 0 Å². The van der Waals surface area contributed by atoms with Crippen LogP contribution in [0, 0.1) is 0 Å². The van der Waals surface area contributed by atoms with Crippen LogP contribution in [0.25, 0.3) is 10.8 Å². The van der Waals surface area contributed by atoms with Gasteiger partial charge in [-0.3, -0.25) is 4.79 Å². The van der Waals surface area contributed by atoms with Gasteiger partial charge < -0.3 is 0 Å². The predicted molar refractivity (Wildman–Crippen MR) is 42.7 cm³/mol. The van der Waals surface area contributed by atoms with Crippen LogP contribution in [0.5, 0.6) is 0 Å². The molecule has 0 radical (unpaired) electrons. The van der Waals surface area contributed by atoms with Crippen LogP contribution in [0.3, 0.4) is 0 Å². The standard InChI is InChI=1S/C5H5N5OS/c1-10-3(6-2-7-10)4-8-9-5(11)12-4/h2H,1H3,(H,9,11). The van der Waals surface area contributed by atoms with Gasteiger partial charge in [-0.15, -0.1) is 0 Å². The second kappa shape index (κ2) is 2.52. The number of rotatable bonds is 1. The molecule has 0 saturated heterocycles. The van der Waals surface area contributed by atoms with Crippen LogP contribution in [-0.2, 0) is 7.05 Å². The van der Waals surface area contributed by atoms with Crippen molar-refractivity contribution in [1.82, 2.24) is 25.0 Å². The van der Waals surface area contributed by atoms with Crippen LogP contribution < -0.4 is 4.87 Å². The van der Waals surface area contributed by atoms with Gasteiger partial charge in [-0.05, 0) is 11.3 Å². The van der Waals surface area contributed by atoms with E-state index in [0.717, 1.165) is 11.3 Å². The molecule has 6 nitrogen and oxygen atoms in total. The van der Waals surface area contributed by atoms with Crippen LogP contribution in [0.4, 0.5) is 0 Å². The zero-order valence-corrected chi connectivity index (χ0v) is 7.00. The first-order chi connectivity index (χ1) is 5.77. The minimum Gasteiger partial charge on any atom is -0.255 e. The molecule has 0 aliphatic rings. The van der Waals surface area contributed by atoms with Gasteiger partial charge in [-0.1, -0.05) is 0 Å². The maximum Gasteiger partial charge on any atom is 0.322 e. The Kier molecular flexibility index (Phi) is 1.51. The van der Waals surface area contributed by atoms with Crippen molar-refractivity contribution in [3.63, 3.8) is 0 Å². The number of nitrogens with zero attached hydrogens (tertiary/aromatic N) is 4. The maximum absolute atomic E-state index is 10.7. The average Bonchev–Trinajstić information content (AvgIpc) is 2.58. The molecule has 2 heterocycles. The van der Waals surface area contributed by atoms with Crippen molar-refractivity contribution in [2.24, 2.45) is 7.05 Å². The Morgan fingerprint density at radius 2 is 2.50 bits per heavy atom. The van der Waals surface area contributed by atoms with E-state index in [1.807, 2.05) is 0 Å². The van der Waals surface area contributed by atoms with Crippen molar-refractivity contribution in [3.05, 3.63) is 16.0 Å². The molecule has 0 bridgehead atoms. The maximum atomic E-state index is 10.7. The summed E-state index contributed by atoms with van der Waals surface area (Å²) in [5.41, 5.74) is 0. The van der Waals surface area contributed by atoms with Crippen LogP contribution in [-0.4, -0.2) is 25.0 Å². The Bertz CT molecular complexity index is 440. The van der Waals surface area contributed by atoms with E-state index in [1.54, 1.807) is 11.7 Å². The molecule has 0 saturated carbocycles. The van der Waals surface area contributed by atoms with E-state index in [2.05, 4.69) is 20.3 Å². The third kappa shape index (κ3) is 1.03. The number of aromatic amines is 1. The van der Waals surface area contributed by atoms with Gasteiger partial charge in [-0.2, -0.15) is 10.2 Å². The molecular weight excluding hydrogens is 178 g/mol. The molecule has 2 aromatic heterocycles. The molecule has 2 rings (SSSR count). The summed E-state index contributed by atoms with van der Waals surface area (Å²) in [6, 6.07) is 0. The van der Waals surface area contributed by atoms with Crippen LogP contribution in [0.15, 0.2) is 11.1 Å². The molecule has 0 atom stereocenters. The fourth-order valence-corrected chi connectivity index (χ4v) is 1.45. The van der Waals surface area contributed by atoms with Crippen molar-refractivity contribution in [3.8, 4) is 10.8 Å². The fourth-order valence-electron chi connectivity index (χ4n) is 0.815. The van der Waals surface area contributed by atoms with Gasteiger partial charge in [-0.25, -0.2) is 14.8 Å². The molecule has 12 heavy (non-hydrogen) atoms. The lowest BCUT2D eigenvalue weighted by atomic mass is 10.6. The van der Waals surface area contributed by atoms with E-state index < -0.39 is 0 Å². The van der Waals surface area contributed by atoms with Crippen molar-refractivity contribution >= 4 is 11.3 Å². The highest BCUT2D eigenvalue weighted by Crippen LogP contribution is 2.12. The van der Waals surface area contributed by atoms with Gasteiger partial charge in [0.2, 0.25) is 0 Å². The molecule has 0 aromatic carbocycles. The minimum atomic E-state index is -0.187. The molecule has 0 unspecified atom stereocenters. The lowest BCUT2D eigenvalue weighted by Gasteiger charge is -1.90. The number of H-pyrrole nitrogens is 1. The molecule has 0 amide bonds. The monoisotopic (exact) mass is 183 g/mol. The van der Waals surface area contributed by atoms with E-state index >= 15 is 0 Å². The highest BCUT2D eigenvalue weighted by Gasteiger charge is 2.08. The van der Waals surface area contributed by atoms with Gasteiger partial charge in [0, 0.05) is 7.05 Å². The number of hydrogen-bond donors (Lipinski definition) is 1. The molecule has 0 fully saturated rings. The van der Waals surface area contributed by atoms with Crippen LogP contribution in [0.1, 0.15) is 0 Å².